The SMILES string of the molecule is CCC1c2cccc3cccc(c23)C1CC. The van der Waals surface area contributed by atoms with Gasteiger partial charge in [0.25, 0.3) is 0 Å². The normalized spacial score (nSPS) is 22.9. The number of benzene rings is 2. The van der Waals surface area contributed by atoms with E-state index in [0.29, 0.717) is 0 Å². The first-order chi connectivity index (χ1) is 7.86. The average molecular weight is 210 g/mol. The van der Waals surface area contributed by atoms with Gasteiger partial charge in [-0.25, -0.2) is 0 Å². The summed E-state index contributed by atoms with van der Waals surface area (Å²) >= 11 is 0. The van der Waals surface area contributed by atoms with E-state index >= 15 is 0 Å². The van der Waals surface area contributed by atoms with Crippen molar-refractivity contribution in [1.82, 2.24) is 0 Å². The number of hydrogen-bond acceptors (Lipinski definition) is 0. The van der Waals surface area contributed by atoms with Crippen LogP contribution in [0.2, 0.25) is 0 Å². The summed E-state index contributed by atoms with van der Waals surface area (Å²) in [6, 6.07) is 13.6. The molecule has 2 unspecified atom stereocenters. The fourth-order valence-electron chi connectivity index (χ4n) is 3.46. The minimum atomic E-state index is 0.742. The van der Waals surface area contributed by atoms with Crippen molar-refractivity contribution in [3.63, 3.8) is 0 Å². The first kappa shape index (κ1) is 9.89. The fourth-order valence-corrected chi connectivity index (χ4v) is 3.46. The van der Waals surface area contributed by atoms with Crippen molar-refractivity contribution in [1.29, 1.82) is 0 Å². The molecule has 0 nitrogen and oxygen atoms in total. The second kappa shape index (κ2) is 3.62. The zero-order valence-corrected chi connectivity index (χ0v) is 10.0. The van der Waals surface area contributed by atoms with Crippen molar-refractivity contribution in [3.05, 3.63) is 47.5 Å². The highest BCUT2D eigenvalue weighted by atomic mass is 14.3. The van der Waals surface area contributed by atoms with Gasteiger partial charge in [-0.1, -0.05) is 50.2 Å². The van der Waals surface area contributed by atoms with Crippen LogP contribution in [0.1, 0.15) is 49.7 Å². The fraction of sp³-hybridized carbons (Fsp3) is 0.375. The van der Waals surface area contributed by atoms with Crippen LogP contribution in [0.5, 0.6) is 0 Å². The monoisotopic (exact) mass is 210 g/mol. The molecule has 0 saturated heterocycles. The Hall–Kier alpha value is -1.30. The lowest BCUT2D eigenvalue weighted by molar-refractivity contribution is 0.532. The van der Waals surface area contributed by atoms with Gasteiger partial charge in [-0.15, -0.1) is 0 Å². The van der Waals surface area contributed by atoms with E-state index in [2.05, 4.69) is 50.2 Å². The van der Waals surface area contributed by atoms with Gasteiger partial charge in [0.2, 0.25) is 0 Å². The summed E-state index contributed by atoms with van der Waals surface area (Å²) in [6.45, 7) is 4.64. The Balaban J connectivity index is 2.34. The van der Waals surface area contributed by atoms with E-state index < -0.39 is 0 Å². The summed E-state index contributed by atoms with van der Waals surface area (Å²) in [5.74, 6) is 1.48. The predicted octanol–water partition coefficient (Wildman–Crippen LogP) is 4.84. The van der Waals surface area contributed by atoms with Gasteiger partial charge >= 0.3 is 0 Å². The second-order valence-corrected chi connectivity index (χ2v) is 4.82. The summed E-state index contributed by atoms with van der Waals surface area (Å²) in [6.07, 6.45) is 2.51. The molecular weight excluding hydrogens is 192 g/mol. The maximum atomic E-state index is 2.33. The average Bonchev–Trinajstić information content (AvgIpc) is 2.65. The van der Waals surface area contributed by atoms with Crippen molar-refractivity contribution in [2.75, 3.05) is 0 Å². The van der Waals surface area contributed by atoms with Crippen LogP contribution < -0.4 is 0 Å². The van der Waals surface area contributed by atoms with Crippen LogP contribution in [0.3, 0.4) is 0 Å². The molecule has 2 aromatic rings. The van der Waals surface area contributed by atoms with Gasteiger partial charge < -0.3 is 0 Å². The van der Waals surface area contributed by atoms with Crippen molar-refractivity contribution in [3.8, 4) is 0 Å². The van der Waals surface area contributed by atoms with Gasteiger partial charge in [-0.2, -0.15) is 0 Å². The van der Waals surface area contributed by atoms with Crippen molar-refractivity contribution in [2.45, 2.75) is 38.5 Å². The van der Waals surface area contributed by atoms with Gasteiger partial charge in [-0.05, 0) is 46.6 Å². The minimum Gasteiger partial charge on any atom is -0.0648 e. The second-order valence-electron chi connectivity index (χ2n) is 4.82. The molecule has 0 bridgehead atoms. The van der Waals surface area contributed by atoms with E-state index in [1.807, 2.05) is 0 Å². The van der Waals surface area contributed by atoms with Crippen LogP contribution in [-0.4, -0.2) is 0 Å². The number of rotatable bonds is 2. The van der Waals surface area contributed by atoms with E-state index in [9.17, 15) is 0 Å². The van der Waals surface area contributed by atoms with Crippen LogP contribution >= 0.6 is 0 Å². The predicted molar refractivity (Wildman–Crippen MR) is 70.0 cm³/mol. The molecule has 0 heteroatoms. The maximum absolute atomic E-state index is 2.33. The Morgan fingerprint density at radius 3 is 1.75 bits per heavy atom. The lowest BCUT2D eigenvalue weighted by Crippen LogP contribution is -2.02. The molecule has 0 N–H and O–H groups in total. The van der Waals surface area contributed by atoms with Crippen LogP contribution in [0.4, 0.5) is 0 Å². The van der Waals surface area contributed by atoms with Gasteiger partial charge in [0.05, 0.1) is 0 Å². The Labute approximate surface area is 97.3 Å². The molecule has 0 spiro atoms. The van der Waals surface area contributed by atoms with Gasteiger partial charge in [0, 0.05) is 0 Å². The maximum Gasteiger partial charge on any atom is -0.00893 e. The summed E-state index contributed by atoms with van der Waals surface area (Å²) in [7, 11) is 0. The Kier molecular flexibility index (Phi) is 2.24. The molecule has 0 radical (unpaired) electrons. The lowest BCUT2D eigenvalue weighted by atomic mass is 9.86. The third kappa shape index (κ3) is 1.16. The highest BCUT2D eigenvalue weighted by Crippen LogP contribution is 2.49. The molecule has 1 aliphatic carbocycles. The standard InChI is InChI=1S/C16H18/c1-3-12-13(4-2)15-10-6-8-11-7-5-9-14(12)16(11)15/h5-10,12-13H,3-4H2,1-2H3. The third-order valence-electron chi connectivity index (χ3n) is 4.13. The van der Waals surface area contributed by atoms with Crippen molar-refractivity contribution in [2.24, 2.45) is 0 Å². The molecule has 2 aromatic carbocycles. The molecule has 0 aliphatic heterocycles. The molecular formula is C16H18. The molecule has 82 valence electrons. The van der Waals surface area contributed by atoms with Gasteiger partial charge in [0.1, 0.15) is 0 Å². The van der Waals surface area contributed by atoms with Crippen LogP contribution in [0.15, 0.2) is 36.4 Å². The van der Waals surface area contributed by atoms with E-state index in [1.54, 1.807) is 16.5 Å². The molecule has 0 fully saturated rings. The largest absolute Gasteiger partial charge is 0.0648 e. The molecule has 0 amide bonds. The molecule has 0 heterocycles. The van der Waals surface area contributed by atoms with E-state index in [1.165, 1.54) is 18.2 Å². The summed E-state index contributed by atoms with van der Waals surface area (Å²) in [5, 5.41) is 2.97. The molecule has 3 rings (SSSR count). The zero-order valence-electron chi connectivity index (χ0n) is 10.0. The zero-order chi connectivity index (χ0) is 11.1. The van der Waals surface area contributed by atoms with Gasteiger partial charge in [0.15, 0.2) is 0 Å². The minimum absolute atomic E-state index is 0.742. The molecule has 0 saturated carbocycles. The van der Waals surface area contributed by atoms with Gasteiger partial charge in [-0.3, -0.25) is 0 Å². The summed E-state index contributed by atoms with van der Waals surface area (Å²) in [5.41, 5.74) is 3.17. The molecule has 2 atom stereocenters. The van der Waals surface area contributed by atoms with E-state index in [0.717, 1.165) is 11.8 Å². The van der Waals surface area contributed by atoms with E-state index in [-0.39, 0.29) is 0 Å². The van der Waals surface area contributed by atoms with Crippen LogP contribution in [0, 0.1) is 0 Å². The molecule has 1 aliphatic rings. The van der Waals surface area contributed by atoms with Crippen molar-refractivity contribution >= 4 is 10.8 Å². The highest BCUT2D eigenvalue weighted by molar-refractivity contribution is 5.92. The Morgan fingerprint density at radius 2 is 1.31 bits per heavy atom. The molecule has 0 aromatic heterocycles. The highest BCUT2D eigenvalue weighted by Gasteiger charge is 2.31. The van der Waals surface area contributed by atoms with Crippen LogP contribution in [0.25, 0.3) is 10.8 Å². The van der Waals surface area contributed by atoms with Crippen molar-refractivity contribution < 1.29 is 0 Å². The molecule has 16 heavy (non-hydrogen) atoms. The summed E-state index contributed by atoms with van der Waals surface area (Å²) < 4.78 is 0. The van der Waals surface area contributed by atoms with Crippen LogP contribution in [-0.2, 0) is 0 Å². The summed E-state index contributed by atoms with van der Waals surface area (Å²) in [4.78, 5) is 0. The smallest absolute Gasteiger partial charge is 0.00893 e. The Morgan fingerprint density at radius 1 is 0.812 bits per heavy atom. The number of hydrogen-bond donors (Lipinski definition) is 0. The Bertz CT molecular complexity index is 480. The first-order valence-corrected chi connectivity index (χ1v) is 6.38. The van der Waals surface area contributed by atoms with E-state index in [4.69, 9.17) is 0 Å². The lowest BCUT2D eigenvalue weighted by Gasteiger charge is -2.18. The quantitative estimate of drug-likeness (QED) is 0.665. The first-order valence-electron chi connectivity index (χ1n) is 6.38. The third-order valence-corrected chi connectivity index (χ3v) is 4.13. The topological polar surface area (TPSA) is 0 Å².